The molecule has 0 bridgehead atoms. The summed E-state index contributed by atoms with van der Waals surface area (Å²) < 4.78 is 5.20. The van der Waals surface area contributed by atoms with Gasteiger partial charge in [0.05, 0.1) is 5.69 Å². The molecule has 120 valence electrons. The molecule has 1 heterocycles. The number of pyridine rings is 1. The van der Waals surface area contributed by atoms with Gasteiger partial charge in [-0.2, -0.15) is 0 Å². The van der Waals surface area contributed by atoms with Crippen LogP contribution < -0.4 is 5.32 Å². The van der Waals surface area contributed by atoms with Crippen molar-refractivity contribution in [1.29, 1.82) is 0 Å². The van der Waals surface area contributed by atoms with Crippen molar-refractivity contribution in [2.75, 3.05) is 5.32 Å². The molecule has 0 aliphatic carbocycles. The third-order valence-corrected chi connectivity index (χ3v) is 2.99. The van der Waals surface area contributed by atoms with Crippen LogP contribution in [0.1, 0.15) is 36.8 Å². The van der Waals surface area contributed by atoms with Crippen molar-refractivity contribution in [1.82, 2.24) is 4.98 Å². The molecular formula is C17H17ClN2O3. The third-order valence-electron chi connectivity index (χ3n) is 2.76. The van der Waals surface area contributed by atoms with Gasteiger partial charge in [-0.25, -0.2) is 4.79 Å². The van der Waals surface area contributed by atoms with E-state index in [0.717, 1.165) is 0 Å². The molecule has 1 amide bonds. The van der Waals surface area contributed by atoms with Gasteiger partial charge in [0.15, 0.2) is 0 Å². The highest BCUT2D eigenvalue weighted by atomic mass is 35.5. The van der Waals surface area contributed by atoms with Crippen molar-refractivity contribution in [3.63, 3.8) is 0 Å². The fraction of sp³-hybridized carbons (Fsp3) is 0.235. The number of carbonyl (C=O) groups is 2. The molecule has 0 aliphatic heterocycles. The lowest BCUT2D eigenvalue weighted by Crippen LogP contribution is -2.27. The summed E-state index contributed by atoms with van der Waals surface area (Å²) in [6.07, 6.45) is 0.883. The second-order valence-corrected chi connectivity index (χ2v) is 6.30. The number of hydrogen-bond acceptors (Lipinski definition) is 4. The summed E-state index contributed by atoms with van der Waals surface area (Å²) in [7, 11) is 0. The normalized spacial score (nSPS) is 11.0. The number of ketones is 1. The van der Waals surface area contributed by atoms with E-state index in [0.29, 0.717) is 10.7 Å². The van der Waals surface area contributed by atoms with Crippen LogP contribution in [0.4, 0.5) is 10.5 Å². The van der Waals surface area contributed by atoms with E-state index in [9.17, 15) is 9.59 Å². The van der Waals surface area contributed by atoms with E-state index in [-0.39, 0.29) is 17.0 Å². The second kappa shape index (κ2) is 6.79. The number of nitrogens with one attached hydrogen (secondary N) is 1. The Labute approximate surface area is 139 Å². The first-order chi connectivity index (χ1) is 10.8. The van der Waals surface area contributed by atoms with Crippen LogP contribution in [0.5, 0.6) is 0 Å². The first kappa shape index (κ1) is 17.0. The fourth-order valence-electron chi connectivity index (χ4n) is 1.86. The molecule has 0 unspecified atom stereocenters. The molecule has 0 saturated carbocycles. The molecule has 2 aromatic rings. The Morgan fingerprint density at radius 3 is 2.52 bits per heavy atom. The minimum Gasteiger partial charge on any atom is -0.444 e. The first-order valence-corrected chi connectivity index (χ1v) is 7.39. The van der Waals surface area contributed by atoms with E-state index < -0.39 is 11.7 Å². The van der Waals surface area contributed by atoms with E-state index in [2.05, 4.69) is 10.3 Å². The molecule has 6 heteroatoms. The van der Waals surface area contributed by atoms with Crippen molar-refractivity contribution in [2.24, 2.45) is 0 Å². The van der Waals surface area contributed by atoms with Crippen LogP contribution in [-0.4, -0.2) is 22.5 Å². The van der Waals surface area contributed by atoms with E-state index in [1.54, 1.807) is 51.1 Å². The van der Waals surface area contributed by atoms with Crippen molar-refractivity contribution < 1.29 is 14.3 Å². The predicted molar refractivity (Wildman–Crippen MR) is 89.0 cm³/mol. The van der Waals surface area contributed by atoms with Crippen LogP contribution in [0.15, 0.2) is 42.6 Å². The number of nitrogens with zero attached hydrogens (tertiary/aromatic N) is 1. The van der Waals surface area contributed by atoms with E-state index in [1.165, 1.54) is 12.3 Å². The Morgan fingerprint density at radius 1 is 1.17 bits per heavy atom. The molecule has 0 fully saturated rings. The zero-order valence-electron chi connectivity index (χ0n) is 13.1. The minimum atomic E-state index is -0.644. The Hall–Kier alpha value is -2.40. The smallest absolute Gasteiger partial charge is 0.412 e. The Kier molecular flexibility index (Phi) is 5.01. The highest BCUT2D eigenvalue weighted by Crippen LogP contribution is 2.24. The quantitative estimate of drug-likeness (QED) is 0.850. The predicted octanol–water partition coefficient (Wildman–Crippen LogP) is 4.31. The lowest BCUT2D eigenvalue weighted by atomic mass is 10.1. The molecule has 1 N–H and O–H groups in total. The molecule has 0 spiro atoms. The highest BCUT2D eigenvalue weighted by Gasteiger charge is 2.20. The lowest BCUT2D eigenvalue weighted by Gasteiger charge is -2.20. The topological polar surface area (TPSA) is 68.3 Å². The average molecular weight is 333 g/mol. The highest BCUT2D eigenvalue weighted by molar-refractivity contribution is 6.31. The summed E-state index contributed by atoms with van der Waals surface area (Å²) >= 11 is 5.97. The van der Waals surface area contributed by atoms with Gasteiger partial charge in [0.25, 0.3) is 0 Å². The Bertz CT molecular complexity index is 724. The van der Waals surface area contributed by atoms with Crippen LogP contribution in [0.2, 0.25) is 5.02 Å². The van der Waals surface area contributed by atoms with Crippen LogP contribution >= 0.6 is 11.6 Å². The number of carbonyl (C=O) groups excluding carboxylic acids is 2. The molecule has 0 radical (unpaired) electrons. The number of benzene rings is 1. The monoisotopic (exact) mass is 332 g/mol. The zero-order chi connectivity index (χ0) is 17.0. The molecule has 1 aromatic carbocycles. The largest absolute Gasteiger partial charge is 0.444 e. The number of rotatable bonds is 3. The van der Waals surface area contributed by atoms with Gasteiger partial charge in [0.1, 0.15) is 11.3 Å². The fourth-order valence-corrected chi connectivity index (χ4v) is 2.03. The van der Waals surface area contributed by atoms with Crippen LogP contribution in [-0.2, 0) is 4.74 Å². The number of halogens is 1. The van der Waals surface area contributed by atoms with Crippen LogP contribution in [0.3, 0.4) is 0 Å². The van der Waals surface area contributed by atoms with Crippen LogP contribution in [0.25, 0.3) is 0 Å². The van der Waals surface area contributed by atoms with Gasteiger partial charge in [-0.3, -0.25) is 15.1 Å². The van der Waals surface area contributed by atoms with Gasteiger partial charge in [-0.15, -0.1) is 0 Å². The SMILES string of the molecule is CC(C)(C)OC(=O)Nc1ccc(Cl)cc1C(=O)c1ccccn1. The molecule has 1 aromatic heterocycles. The van der Waals surface area contributed by atoms with Gasteiger partial charge in [0, 0.05) is 16.8 Å². The van der Waals surface area contributed by atoms with Crippen molar-refractivity contribution in [2.45, 2.75) is 26.4 Å². The maximum Gasteiger partial charge on any atom is 0.412 e. The maximum absolute atomic E-state index is 12.6. The lowest BCUT2D eigenvalue weighted by molar-refractivity contribution is 0.0636. The molecule has 5 nitrogen and oxygen atoms in total. The van der Waals surface area contributed by atoms with E-state index >= 15 is 0 Å². The first-order valence-electron chi connectivity index (χ1n) is 7.01. The van der Waals surface area contributed by atoms with Crippen molar-refractivity contribution in [3.8, 4) is 0 Å². The summed E-state index contributed by atoms with van der Waals surface area (Å²) in [5, 5.41) is 2.96. The number of ether oxygens (including phenoxy) is 1. The number of amides is 1. The Balaban J connectivity index is 2.31. The van der Waals surface area contributed by atoms with Crippen LogP contribution in [0, 0.1) is 0 Å². The summed E-state index contributed by atoms with van der Waals surface area (Å²) in [6.45, 7) is 5.27. The number of aromatic nitrogens is 1. The standard InChI is InChI=1S/C17H17ClN2O3/c1-17(2,3)23-16(22)20-13-8-7-11(18)10-12(13)15(21)14-6-4-5-9-19-14/h4-10H,1-3H3,(H,20,22). The Morgan fingerprint density at radius 2 is 1.91 bits per heavy atom. The molecule has 2 rings (SSSR count). The molecule has 0 aliphatic rings. The van der Waals surface area contributed by atoms with Gasteiger partial charge in [0.2, 0.25) is 5.78 Å². The zero-order valence-corrected chi connectivity index (χ0v) is 13.8. The number of anilines is 1. The molecular weight excluding hydrogens is 316 g/mol. The van der Waals surface area contributed by atoms with Crippen molar-refractivity contribution in [3.05, 3.63) is 58.9 Å². The summed E-state index contributed by atoms with van der Waals surface area (Å²) in [6, 6.07) is 9.66. The third kappa shape index (κ3) is 4.79. The van der Waals surface area contributed by atoms with Gasteiger partial charge < -0.3 is 4.74 Å². The summed E-state index contributed by atoms with van der Waals surface area (Å²) in [4.78, 5) is 28.5. The second-order valence-electron chi connectivity index (χ2n) is 5.86. The van der Waals surface area contributed by atoms with Crippen molar-refractivity contribution >= 4 is 29.2 Å². The maximum atomic E-state index is 12.6. The average Bonchev–Trinajstić information content (AvgIpc) is 2.47. The summed E-state index contributed by atoms with van der Waals surface area (Å²) in [5.41, 5.74) is 0.199. The molecule has 0 atom stereocenters. The number of hydrogen-bond donors (Lipinski definition) is 1. The van der Waals surface area contributed by atoms with Gasteiger partial charge in [-0.05, 0) is 51.1 Å². The molecule has 0 saturated heterocycles. The van der Waals surface area contributed by atoms with Gasteiger partial charge in [-0.1, -0.05) is 17.7 Å². The minimum absolute atomic E-state index is 0.252. The molecule has 23 heavy (non-hydrogen) atoms. The van der Waals surface area contributed by atoms with Gasteiger partial charge >= 0.3 is 6.09 Å². The summed E-state index contributed by atoms with van der Waals surface area (Å²) in [5.74, 6) is -0.334. The van der Waals surface area contributed by atoms with E-state index in [1.807, 2.05) is 0 Å². The van der Waals surface area contributed by atoms with E-state index in [4.69, 9.17) is 16.3 Å².